The second-order valence-corrected chi connectivity index (χ2v) is 5.81. The van der Waals surface area contributed by atoms with Crippen LogP contribution < -0.4 is 16.0 Å². The molecule has 0 aliphatic heterocycles. The van der Waals surface area contributed by atoms with Crippen LogP contribution in [0.15, 0.2) is 36.4 Å². The van der Waals surface area contributed by atoms with E-state index in [1.54, 1.807) is 24.3 Å². The Morgan fingerprint density at radius 2 is 1.30 bits per heavy atom. The summed E-state index contributed by atoms with van der Waals surface area (Å²) in [5.41, 5.74) is 1.53. The number of hydrogen-bond acceptors (Lipinski definition) is 2. The Labute approximate surface area is 147 Å². The predicted molar refractivity (Wildman–Crippen MR) is 94.9 cm³/mol. The highest BCUT2D eigenvalue weighted by atomic mass is 35.5. The van der Waals surface area contributed by atoms with Crippen molar-refractivity contribution in [3.8, 4) is 0 Å². The number of nitrogens with one attached hydrogen (secondary N) is 3. The zero-order valence-corrected chi connectivity index (χ0v) is 14.2. The van der Waals surface area contributed by atoms with Gasteiger partial charge in [-0.15, -0.1) is 0 Å². The quantitative estimate of drug-likeness (QED) is 0.644. The number of rotatable bonds is 3. The van der Waals surface area contributed by atoms with Gasteiger partial charge in [-0.1, -0.05) is 34.8 Å². The number of urea groups is 1. The number of carbonyl (C=O) groups is 2. The van der Waals surface area contributed by atoms with Crippen LogP contribution in [0.5, 0.6) is 0 Å². The van der Waals surface area contributed by atoms with E-state index in [0.717, 1.165) is 0 Å². The molecule has 8 heteroatoms. The van der Waals surface area contributed by atoms with Crippen molar-refractivity contribution in [1.29, 1.82) is 0 Å². The van der Waals surface area contributed by atoms with Crippen molar-refractivity contribution in [2.45, 2.75) is 6.92 Å². The summed E-state index contributed by atoms with van der Waals surface area (Å²) >= 11 is 17.7. The average Bonchev–Trinajstić information content (AvgIpc) is 2.46. The summed E-state index contributed by atoms with van der Waals surface area (Å²) in [5, 5.41) is 8.70. The molecule has 0 aromatic heterocycles. The summed E-state index contributed by atoms with van der Waals surface area (Å²) in [5.74, 6) is -0.169. The van der Waals surface area contributed by atoms with Gasteiger partial charge in [-0.3, -0.25) is 4.79 Å². The Kier molecular flexibility index (Phi) is 5.71. The predicted octanol–water partition coefficient (Wildman–Crippen LogP) is 5.25. The molecule has 2 aromatic rings. The van der Waals surface area contributed by atoms with Crippen molar-refractivity contribution in [3.05, 3.63) is 51.5 Å². The van der Waals surface area contributed by atoms with Gasteiger partial charge in [0.2, 0.25) is 5.91 Å². The summed E-state index contributed by atoms with van der Waals surface area (Å²) in [7, 11) is 0. The third kappa shape index (κ3) is 5.03. The zero-order chi connectivity index (χ0) is 17.0. The lowest BCUT2D eigenvalue weighted by Crippen LogP contribution is -2.19. The van der Waals surface area contributed by atoms with Crippen LogP contribution in [-0.4, -0.2) is 11.9 Å². The fourth-order valence-electron chi connectivity index (χ4n) is 1.74. The minimum Gasteiger partial charge on any atom is -0.326 e. The van der Waals surface area contributed by atoms with Gasteiger partial charge in [0.05, 0.1) is 20.8 Å². The smallest absolute Gasteiger partial charge is 0.323 e. The molecule has 23 heavy (non-hydrogen) atoms. The minimum absolute atomic E-state index is 0.169. The fourth-order valence-corrected chi connectivity index (χ4v) is 2.34. The van der Waals surface area contributed by atoms with Crippen molar-refractivity contribution >= 4 is 63.8 Å². The molecule has 3 N–H and O–H groups in total. The molecule has 0 radical (unpaired) electrons. The summed E-state index contributed by atoms with van der Waals surface area (Å²) in [6.45, 7) is 1.42. The Morgan fingerprint density at radius 1 is 0.783 bits per heavy atom. The molecule has 2 rings (SSSR count). The molecule has 120 valence electrons. The highest BCUT2D eigenvalue weighted by molar-refractivity contribution is 6.44. The van der Waals surface area contributed by atoms with Crippen LogP contribution in [0.1, 0.15) is 6.92 Å². The lowest BCUT2D eigenvalue weighted by molar-refractivity contribution is -0.114. The number of anilines is 3. The molecule has 0 bridgehead atoms. The first-order valence-electron chi connectivity index (χ1n) is 6.45. The first kappa shape index (κ1) is 17.4. The molecule has 0 heterocycles. The SMILES string of the molecule is CC(=O)Nc1ccc(NC(=O)Nc2cc(Cl)c(Cl)cc2Cl)cc1. The molecule has 5 nitrogen and oxygen atoms in total. The third-order valence-electron chi connectivity index (χ3n) is 2.72. The van der Waals surface area contributed by atoms with Crippen molar-refractivity contribution in [3.63, 3.8) is 0 Å². The molecule has 3 amide bonds. The molecule has 2 aromatic carbocycles. The van der Waals surface area contributed by atoms with Crippen molar-refractivity contribution in [2.75, 3.05) is 16.0 Å². The minimum atomic E-state index is -0.488. The molecule has 0 saturated carbocycles. The van der Waals surface area contributed by atoms with E-state index in [1.165, 1.54) is 19.1 Å². The van der Waals surface area contributed by atoms with Gasteiger partial charge in [0.15, 0.2) is 0 Å². The Bertz CT molecular complexity index is 748. The Hall–Kier alpha value is -1.95. The second-order valence-electron chi connectivity index (χ2n) is 4.58. The van der Waals surface area contributed by atoms with Gasteiger partial charge in [0.1, 0.15) is 0 Å². The highest BCUT2D eigenvalue weighted by Crippen LogP contribution is 2.32. The summed E-state index contributed by atoms with van der Waals surface area (Å²) in [6.07, 6.45) is 0. The third-order valence-corrected chi connectivity index (χ3v) is 3.76. The van der Waals surface area contributed by atoms with E-state index in [0.29, 0.717) is 22.1 Å². The van der Waals surface area contributed by atoms with Crippen LogP contribution >= 0.6 is 34.8 Å². The van der Waals surface area contributed by atoms with Crippen LogP contribution in [-0.2, 0) is 4.79 Å². The van der Waals surface area contributed by atoms with Gasteiger partial charge in [-0.2, -0.15) is 0 Å². The van der Waals surface area contributed by atoms with Gasteiger partial charge in [0, 0.05) is 18.3 Å². The van der Waals surface area contributed by atoms with Crippen LogP contribution in [0.2, 0.25) is 15.1 Å². The number of halogens is 3. The van der Waals surface area contributed by atoms with Crippen molar-refractivity contribution in [2.24, 2.45) is 0 Å². The van der Waals surface area contributed by atoms with E-state index < -0.39 is 6.03 Å². The normalized spacial score (nSPS) is 10.1. The maximum atomic E-state index is 12.0. The average molecular weight is 373 g/mol. The fraction of sp³-hybridized carbons (Fsp3) is 0.0667. The molecule has 0 aliphatic rings. The first-order valence-corrected chi connectivity index (χ1v) is 7.59. The maximum Gasteiger partial charge on any atom is 0.323 e. The van der Waals surface area contributed by atoms with Gasteiger partial charge in [-0.25, -0.2) is 4.79 Å². The molecule has 0 saturated heterocycles. The molecule has 0 spiro atoms. The number of benzene rings is 2. The van der Waals surface area contributed by atoms with Crippen molar-refractivity contribution < 1.29 is 9.59 Å². The topological polar surface area (TPSA) is 70.2 Å². The van der Waals surface area contributed by atoms with E-state index in [-0.39, 0.29) is 16.0 Å². The monoisotopic (exact) mass is 371 g/mol. The van der Waals surface area contributed by atoms with Gasteiger partial charge in [0.25, 0.3) is 0 Å². The van der Waals surface area contributed by atoms with E-state index in [4.69, 9.17) is 34.8 Å². The molecular weight excluding hydrogens is 361 g/mol. The van der Waals surface area contributed by atoms with E-state index in [1.807, 2.05) is 0 Å². The van der Waals surface area contributed by atoms with Crippen LogP contribution in [0.4, 0.5) is 21.9 Å². The number of amides is 3. The second kappa shape index (κ2) is 7.55. The lowest BCUT2D eigenvalue weighted by Gasteiger charge is -2.10. The van der Waals surface area contributed by atoms with E-state index >= 15 is 0 Å². The van der Waals surface area contributed by atoms with E-state index in [9.17, 15) is 9.59 Å². The standard InChI is InChI=1S/C15H12Cl3N3O2/c1-8(22)19-9-2-4-10(5-3-9)20-15(23)21-14-7-12(17)11(16)6-13(14)18/h2-7H,1H3,(H,19,22)(H2,20,21,23). The van der Waals surface area contributed by atoms with Gasteiger partial charge >= 0.3 is 6.03 Å². The Morgan fingerprint density at radius 3 is 1.87 bits per heavy atom. The van der Waals surface area contributed by atoms with Crippen LogP contribution in [0.25, 0.3) is 0 Å². The van der Waals surface area contributed by atoms with Crippen LogP contribution in [0.3, 0.4) is 0 Å². The summed E-state index contributed by atoms with van der Waals surface area (Å²) in [6, 6.07) is 9.07. The molecular formula is C15H12Cl3N3O2. The van der Waals surface area contributed by atoms with E-state index in [2.05, 4.69) is 16.0 Å². The molecule has 0 atom stereocenters. The zero-order valence-electron chi connectivity index (χ0n) is 11.9. The lowest BCUT2D eigenvalue weighted by atomic mass is 10.3. The molecule has 0 aliphatic carbocycles. The van der Waals surface area contributed by atoms with Crippen LogP contribution in [0, 0.1) is 0 Å². The van der Waals surface area contributed by atoms with Gasteiger partial charge in [-0.05, 0) is 36.4 Å². The van der Waals surface area contributed by atoms with Crippen molar-refractivity contribution in [1.82, 2.24) is 0 Å². The Balaban J connectivity index is 2.02. The summed E-state index contributed by atoms with van der Waals surface area (Å²) < 4.78 is 0. The maximum absolute atomic E-state index is 12.0. The highest BCUT2D eigenvalue weighted by Gasteiger charge is 2.09. The first-order chi connectivity index (χ1) is 10.8. The molecule has 0 fully saturated rings. The van der Waals surface area contributed by atoms with Gasteiger partial charge < -0.3 is 16.0 Å². The molecule has 0 unspecified atom stereocenters. The number of carbonyl (C=O) groups excluding carboxylic acids is 2. The summed E-state index contributed by atoms with van der Waals surface area (Å²) in [4.78, 5) is 22.9. The number of hydrogen-bond donors (Lipinski definition) is 3. The largest absolute Gasteiger partial charge is 0.326 e.